The van der Waals surface area contributed by atoms with Crippen LogP contribution in [0.4, 0.5) is 0 Å². The van der Waals surface area contributed by atoms with Crippen LogP contribution in [0.25, 0.3) is 5.69 Å². The molecule has 16 heavy (non-hydrogen) atoms. The number of rotatable bonds is 2. The van der Waals surface area contributed by atoms with Gasteiger partial charge in [-0.1, -0.05) is 15.9 Å². The number of ether oxygens (including phenoxy) is 1. The SMILES string of the molecule is COC(=O)c1cn(-c2ccc(Br)cc2)cn1. The summed E-state index contributed by atoms with van der Waals surface area (Å²) in [5.74, 6) is -0.434. The van der Waals surface area contributed by atoms with E-state index < -0.39 is 5.97 Å². The lowest BCUT2D eigenvalue weighted by Gasteiger charge is -2.00. The van der Waals surface area contributed by atoms with Gasteiger partial charge >= 0.3 is 5.97 Å². The molecule has 0 aliphatic heterocycles. The molecule has 1 aromatic heterocycles. The second-order valence-electron chi connectivity index (χ2n) is 3.13. The zero-order valence-corrected chi connectivity index (χ0v) is 10.1. The van der Waals surface area contributed by atoms with E-state index in [4.69, 9.17) is 0 Å². The van der Waals surface area contributed by atoms with Crippen molar-refractivity contribution in [3.05, 3.63) is 47.0 Å². The van der Waals surface area contributed by atoms with Crippen LogP contribution in [0.1, 0.15) is 10.5 Å². The summed E-state index contributed by atoms with van der Waals surface area (Å²) in [6, 6.07) is 7.69. The summed E-state index contributed by atoms with van der Waals surface area (Å²) >= 11 is 3.36. The third kappa shape index (κ3) is 2.14. The van der Waals surface area contributed by atoms with Crippen LogP contribution in [0.15, 0.2) is 41.3 Å². The number of benzene rings is 1. The first-order valence-electron chi connectivity index (χ1n) is 4.59. The van der Waals surface area contributed by atoms with E-state index in [1.165, 1.54) is 7.11 Å². The number of esters is 1. The average molecular weight is 281 g/mol. The van der Waals surface area contributed by atoms with Gasteiger partial charge in [0.2, 0.25) is 0 Å². The van der Waals surface area contributed by atoms with Crippen molar-refractivity contribution < 1.29 is 9.53 Å². The maximum Gasteiger partial charge on any atom is 0.358 e. The van der Waals surface area contributed by atoms with Gasteiger partial charge in [0.1, 0.15) is 6.33 Å². The number of hydrogen-bond donors (Lipinski definition) is 0. The molecule has 0 spiro atoms. The summed E-state index contributed by atoms with van der Waals surface area (Å²) in [5.41, 5.74) is 1.23. The molecule has 4 nitrogen and oxygen atoms in total. The summed E-state index contributed by atoms with van der Waals surface area (Å²) in [6.07, 6.45) is 3.21. The number of nitrogens with zero attached hydrogens (tertiary/aromatic N) is 2. The van der Waals surface area contributed by atoms with Crippen molar-refractivity contribution >= 4 is 21.9 Å². The zero-order valence-electron chi connectivity index (χ0n) is 8.55. The van der Waals surface area contributed by atoms with Crippen LogP contribution in [-0.2, 0) is 4.74 Å². The number of hydrogen-bond acceptors (Lipinski definition) is 3. The quantitative estimate of drug-likeness (QED) is 0.794. The number of carbonyl (C=O) groups is 1. The number of imidazole rings is 1. The largest absolute Gasteiger partial charge is 0.464 e. The van der Waals surface area contributed by atoms with E-state index in [0.29, 0.717) is 5.69 Å². The zero-order chi connectivity index (χ0) is 11.5. The molecule has 2 aromatic rings. The van der Waals surface area contributed by atoms with Gasteiger partial charge in [0.05, 0.1) is 7.11 Å². The number of halogens is 1. The van der Waals surface area contributed by atoms with Crippen LogP contribution in [0, 0.1) is 0 Å². The average Bonchev–Trinajstić information content (AvgIpc) is 2.78. The Labute approximate surface area is 101 Å². The highest BCUT2D eigenvalue weighted by molar-refractivity contribution is 9.10. The highest BCUT2D eigenvalue weighted by atomic mass is 79.9. The van der Waals surface area contributed by atoms with Gasteiger partial charge in [-0.05, 0) is 24.3 Å². The van der Waals surface area contributed by atoms with Gasteiger partial charge in [0.15, 0.2) is 5.69 Å². The Morgan fingerprint density at radius 2 is 2.06 bits per heavy atom. The Balaban J connectivity index is 2.31. The number of carbonyl (C=O) groups excluding carboxylic acids is 1. The maximum absolute atomic E-state index is 11.2. The first kappa shape index (κ1) is 10.9. The van der Waals surface area contributed by atoms with E-state index in [9.17, 15) is 4.79 Å². The van der Waals surface area contributed by atoms with Crippen molar-refractivity contribution in [1.82, 2.24) is 9.55 Å². The van der Waals surface area contributed by atoms with Crippen molar-refractivity contribution in [3.8, 4) is 5.69 Å². The molecule has 1 heterocycles. The minimum atomic E-state index is -0.434. The molecule has 2 rings (SSSR count). The van der Waals surface area contributed by atoms with Crippen LogP contribution < -0.4 is 0 Å². The molecule has 0 unspecified atom stereocenters. The van der Waals surface area contributed by atoms with Crippen LogP contribution in [0.2, 0.25) is 0 Å². The molecule has 0 saturated heterocycles. The highest BCUT2D eigenvalue weighted by Gasteiger charge is 2.09. The molecule has 82 valence electrons. The van der Waals surface area contributed by atoms with Crippen molar-refractivity contribution in [2.45, 2.75) is 0 Å². The van der Waals surface area contributed by atoms with Gasteiger partial charge < -0.3 is 9.30 Å². The third-order valence-electron chi connectivity index (χ3n) is 2.10. The maximum atomic E-state index is 11.2. The van der Waals surface area contributed by atoms with Crippen LogP contribution in [0.3, 0.4) is 0 Å². The third-order valence-corrected chi connectivity index (χ3v) is 2.63. The van der Waals surface area contributed by atoms with Crippen LogP contribution in [0.5, 0.6) is 0 Å². The minimum Gasteiger partial charge on any atom is -0.464 e. The summed E-state index contributed by atoms with van der Waals surface area (Å²) in [4.78, 5) is 15.2. The van der Waals surface area contributed by atoms with Crippen molar-refractivity contribution in [1.29, 1.82) is 0 Å². The molecule has 0 amide bonds. The van der Waals surface area contributed by atoms with Crippen molar-refractivity contribution in [2.75, 3.05) is 7.11 Å². The lowest BCUT2D eigenvalue weighted by molar-refractivity contribution is 0.0594. The van der Waals surface area contributed by atoms with Gasteiger partial charge in [0.25, 0.3) is 0 Å². The molecule has 5 heteroatoms. The van der Waals surface area contributed by atoms with Gasteiger partial charge in [-0.25, -0.2) is 9.78 Å². The summed E-state index contributed by atoms with van der Waals surface area (Å²) in [5, 5.41) is 0. The smallest absolute Gasteiger partial charge is 0.358 e. The monoisotopic (exact) mass is 280 g/mol. The predicted octanol–water partition coefficient (Wildman–Crippen LogP) is 2.42. The van der Waals surface area contributed by atoms with E-state index in [-0.39, 0.29) is 0 Å². The molecule has 0 aliphatic carbocycles. The van der Waals surface area contributed by atoms with Crippen molar-refractivity contribution in [2.24, 2.45) is 0 Å². The Hall–Kier alpha value is -1.62. The van der Waals surface area contributed by atoms with Gasteiger partial charge in [-0.2, -0.15) is 0 Å². The fourth-order valence-electron chi connectivity index (χ4n) is 1.29. The Kier molecular flexibility index (Phi) is 3.05. The Morgan fingerprint density at radius 3 is 2.69 bits per heavy atom. The molecular formula is C11H9BrN2O2. The van der Waals surface area contributed by atoms with Gasteiger partial charge in [-0.15, -0.1) is 0 Å². The fraction of sp³-hybridized carbons (Fsp3) is 0.0909. The number of methoxy groups -OCH3 is 1. The van der Waals surface area contributed by atoms with Gasteiger partial charge in [0, 0.05) is 16.4 Å². The normalized spacial score (nSPS) is 10.1. The highest BCUT2D eigenvalue weighted by Crippen LogP contribution is 2.14. The molecule has 1 aromatic carbocycles. The van der Waals surface area contributed by atoms with E-state index in [2.05, 4.69) is 25.7 Å². The molecule has 0 saturated carbocycles. The molecule has 0 N–H and O–H groups in total. The first-order valence-corrected chi connectivity index (χ1v) is 5.38. The minimum absolute atomic E-state index is 0.297. The molecule has 0 atom stereocenters. The van der Waals surface area contributed by atoms with E-state index >= 15 is 0 Å². The van der Waals surface area contributed by atoms with Crippen LogP contribution in [-0.4, -0.2) is 22.6 Å². The van der Waals surface area contributed by atoms with Crippen molar-refractivity contribution in [3.63, 3.8) is 0 Å². The van der Waals surface area contributed by atoms with Crippen LogP contribution >= 0.6 is 15.9 Å². The predicted molar refractivity (Wildman–Crippen MR) is 62.6 cm³/mol. The molecular weight excluding hydrogens is 272 g/mol. The Bertz CT molecular complexity index is 505. The summed E-state index contributed by atoms with van der Waals surface area (Å²) in [7, 11) is 1.33. The molecule has 0 bridgehead atoms. The number of aromatic nitrogens is 2. The molecule has 0 fully saturated rings. The fourth-order valence-corrected chi connectivity index (χ4v) is 1.55. The second kappa shape index (κ2) is 4.49. The summed E-state index contributed by atoms with van der Waals surface area (Å²) < 4.78 is 7.35. The lowest BCUT2D eigenvalue weighted by atomic mass is 10.3. The lowest BCUT2D eigenvalue weighted by Crippen LogP contribution is -2.00. The van der Waals surface area contributed by atoms with E-state index in [0.717, 1.165) is 10.2 Å². The molecule has 0 radical (unpaired) electrons. The molecule has 0 aliphatic rings. The van der Waals surface area contributed by atoms with E-state index in [1.54, 1.807) is 17.1 Å². The van der Waals surface area contributed by atoms with E-state index in [1.807, 2.05) is 24.3 Å². The standard InChI is InChI=1S/C11H9BrN2O2/c1-16-11(15)10-6-14(7-13-10)9-4-2-8(12)3-5-9/h2-7H,1H3. The Morgan fingerprint density at radius 1 is 1.38 bits per heavy atom. The summed E-state index contributed by atoms with van der Waals surface area (Å²) in [6.45, 7) is 0. The topological polar surface area (TPSA) is 44.1 Å². The van der Waals surface area contributed by atoms with Gasteiger partial charge in [-0.3, -0.25) is 0 Å². The first-order chi connectivity index (χ1) is 7.70. The second-order valence-corrected chi connectivity index (χ2v) is 4.05.